The fourth-order valence-corrected chi connectivity index (χ4v) is 3.78. The second kappa shape index (κ2) is 6.78. The molecular weight excluding hydrogens is 422 g/mol. The molecule has 0 aliphatic carbocycles. The van der Waals surface area contributed by atoms with Crippen molar-refractivity contribution in [1.82, 2.24) is 15.1 Å². The lowest BCUT2D eigenvalue weighted by Crippen LogP contribution is -2.00. The number of rotatable bonds is 3. The summed E-state index contributed by atoms with van der Waals surface area (Å²) in [7, 11) is 0. The zero-order valence-corrected chi connectivity index (χ0v) is 15.5. The predicted molar refractivity (Wildman–Crippen MR) is 97.2 cm³/mol. The van der Waals surface area contributed by atoms with E-state index in [1.54, 1.807) is 24.3 Å². The van der Waals surface area contributed by atoms with E-state index in [9.17, 15) is 13.2 Å². The van der Waals surface area contributed by atoms with Gasteiger partial charge in [0, 0.05) is 17.9 Å². The average molecular weight is 430 g/mol. The lowest BCUT2D eigenvalue weighted by atomic mass is 10.1. The highest BCUT2D eigenvalue weighted by molar-refractivity contribution is 7.18. The highest BCUT2D eigenvalue weighted by atomic mass is 35.5. The van der Waals surface area contributed by atoms with Crippen LogP contribution in [0.3, 0.4) is 0 Å². The Morgan fingerprint density at radius 2 is 1.85 bits per heavy atom. The van der Waals surface area contributed by atoms with Gasteiger partial charge in [0.1, 0.15) is 9.71 Å². The van der Waals surface area contributed by atoms with Crippen molar-refractivity contribution in [2.75, 3.05) is 0 Å². The Morgan fingerprint density at radius 3 is 2.52 bits per heavy atom. The molecule has 0 radical (unpaired) electrons. The Bertz CT molecular complexity index is 1130. The molecule has 3 heterocycles. The third-order valence-corrected chi connectivity index (χ3v) is 5.58. The van der Waals surface area contributed by atoms with E-state index in [4.69, 9.17) is 27.7 Å². The minimum absolute atomic E-state index is 0.172. The molecule has 3 aromatic heterocycles. The standard InChI is InChI=1S/C17H8Cl2F3N3OS/c18-10-2-1-8(5-11(10)19)6-12-9-7-14(17(20,21)22)27-16(9)25-15(24-12)13-3-4-23-26-13/h1-5,7H,6H2. The van der Waals surface area contributed by atoms with Crippen LogP contribution < -0.4 is 0 Å². The molecule has 0 N–H and O–H groups in total. The van der Waals surface area contributed by atoms with Gasteiger partial charge in [0.05, 0.1) is 21.9 Å². The normalized spacial score (nSPS) is 12.0. The van der Waals surface area contributed by atoms with Gasteiger partial charge in [-0.2, -0.15) is 13.2 Å². The smallest absolute Gasteiger partial charge is 0.353 e. The number of aromatic nitrogens is 3. The molecule has 0 spiro atoms. The molecule has 0 fully saturated rings. The van der Waals surface area contributed by atoms with Gasteiger partial charge in [-0.05, 0) is 23.8 Å². The van der Waals surface area contributed by atoms with E-state index >= 15 is 0 Å². The topological polar surface area (TPSA) is 51.8 Å². The number of fused-ring (bicyclic) bond motifs is 1. The number of halogens is 5. The molecule has 0 bridgehead atoms. The highest BCUT2D eigenvalue weighted by Crippen LogP contribution is 2.39. The first-order valence-electron chi connectivity index (χ1n) is 7.54. The first kappa shape index (κ1) is 18.2. The summed E-state index contributed by atoms with van der Waals surface area (Å²) in [6, 6.07) is 7.64. The fraction of sp³-hybridized carbons (Fsp3) is 0.118. The summed E-state index contributed by atoms with van der Waals surface area (Å²) >= 11 is 12.5. The first-order valence-corrected chi connectivity index (χ1v) is 9.11. The van der Waals surface area contributed by atoms with Gasteiger partial charge >= 0.3 is 6.18 Å². The van der Waals surface area contributed by atoms with Gasteiger partial charge in [0.2, 0.25) is 5.76 Å². The number of hydrogen-bond donors (Lipinski definition) is 0. The molecule has 0 amide bonds. The molecule has 1 aromatic carbocycles. The van der Waals surface area contributed by atoms with Crippen LogP contribution in [0.4, 0.5) is 13.2 Å². The van der Waals surface area contributed by atoms with Gasteiger partial charge in [-0.3, -0.25) is 0 Å². The van der Waals surface area contributed by atoms with E-state index in [0.29, 0.717) is 32.5 Å². The van der Waals surface area contributed by atoms with E-state index in [2.05, 4.69) is 15.1 Å². The highest BCUT2D eigenvalue weighted by Gasteiger charge is 2.33. The zero-order chi connectivity index (χ0) is 19.2. The van der Waals surface area contributed by atoms with Crippen LogP contribution in [0.25, 0.3) is 21.8 Å². The molecule has 0 unspecified atom stereocenters. The largest absolute Gasteiger partial charge is 0.425 e. The summed E-state index contributed by atoms with van der Waals surface area (Å²) in [5.41, 5.74) is 1.18. The van der Waals surface area contributed by atoms with Gasteiger partial charge in [-0.1, -0.05) is 34.4 Å². The lowest BCUT2D eigenvalue weighted by Gasteiger charge is -2.06. The SMILES string of the molecule is FC(F)(F)c1cc2c(Cc3ccc(Cl)c(Cl)c3)nc(-c3ccno3)nc2s1. The van der Waals surface area contributed by atoms with Crippen molar-refractivity contribution in [3.63, 3.8) is 0 Å². The Kier molecular flexibility index (Phi) is 4.57. The monoisotopic (exact) mass is 429 g/mol. The summed E-state index contributed by atoms with van der Waals surface area (Å²) in [4.78, 5) is 8.10. The molecular formula is C17H8Cl2F3N3OS. The predicted octanol–water partition coefficient (Wildman–Crippen LogP) is 6.26. The van der Waals surface area contributed by atoms with Gasteiger partial charge in [0.15, 0.2) is 5.82 Å². The fourth-order valence-electron chi connectivity index (χ4n) is 2.54. The van der Waals surface area contributed by atoms with Crippen LogP contribution in [0.2, 0.25) is 10.0 Å². The molecule has 27 heavy (non-hydrogen) atoms. The molecule has 0 atom stereocenters. The number of benzene rings is 1. The molecule has 0 aliphatic heterocycles. The molecule has 0 aliphatic rings. The van der Waals surface area contributed by atoms with Crippen LogP contribution in [0.1, 0.15) is 16.1 Å². The molecule has 4 nitrogen and oxygen atoms in total. The van der Waals surface area contributed by atoms with Crippen molar-refractivity contribution in [3.05, 3.63) is 62.7 Å². The van der Waals surface area contributed by atoms with Gasteiger partial charge in [-0.15, -0.1) is 11.3 Å². The van der Waals surface area contributed by atoms with Crippen LogP contribution >= 0.6 is 34.5 Å². The maximum absolute atomic E-state index is 13.2. The summed E-state index contributed by atoms with van der Waals surface area (Å²) in [6.07, 6.45) is -2.79. The minimum atomic E-state index is -4.46. The summed E-state index contributed by atoms with van der Waals surface area (Å²) in [6.45, 7) is 0. The summed E-state index contributed by atoms with van der Waals surface area (Å²) in [5.74, 6) is 0.444. The molecule has 4 rings (SSSR count). The van der Waals surface area contributed by atoms with Gasteiger partial charge < -0.3 is 4.52 Å². The Labute approximate surface area is 164 Å². The number of nitrogens with zero attached hydrogens (tertiary/aromatic N) is 3. The second-order valence-corrected chi connectivity index (χ2v) is 7.47. The van der Waals surface area contributed by atoms with Crippen molar-refractivity contribution in [3.8, 4) is 11.6 Å². The molecule has 0 saturated heterocycles. The van der Waals surface area contributed by atoms with Crippen LogP contribution in [0, 0.1) is 0 Å². The van der Waals surface area contributed by atoms with E-state index in [1.165, 1.54) is 6.20 Å². The van der Waals surface area contributed by atoms with E-state index in [0.717, 1.165) is 11.6 Å². The quantitative estimate of drug-likeness (QED) is 0.385. The Hall–Kier alpha value is -2.16. The third kappa shape index (κ3) is 3.65. The van der Waals surface area contributed by atoms with Crippen LogP contribution in [-0.4, -0.2) is 15.1 Å². The first-order chi connectivity index (χ1) is 12.8. The van der Waals surface area contributed by atoms with E-state index < -0.39 is 11.1 Å². The van der Waals surface area contributed by atoms with Crippen LogP contribution in [0.15, 0.2) is 41.1 Å². The van der Waals surface area contributed by atoms with Crippen molar-refractivity contribution in [2.45, 2.75) is 12.6 Å². The maximum atomic E-state index is 13.2. The average Bonchev–Trinajstić information content (AvgIpc) is 3.26. The molecule has 4 aromatic rings. The van der Waals surface area contributed by atoms with Gasteiger partial charge in [-0.25, -0.2) is 9.97 Å². The van der Waals surface area contributed by atoms with E-state index in [-0.39, 0.29) is 22.8 Å². The van der Waals surface area contributed by atoms with Crippen molar-refractivity contribution < 1.29 is 17.7 Å². The lowest BCUT2D eigenvalue weighted by molar-refractivity contribution is -0.134. The molecule has 0 saturated carbocycles. The third-order valence-electron chi connectivity index (χ3n) is 3.76. The molecule has 138 valence electrons. The zero-order valence-electron chi connectivity index (χ0n) is 13.2. The van der Waals surface area contributed by atoms with Gasteiger partial charge in [0.25, 0.3) is 0 Å². The Balaban J connectivity index is 1.87. The Morgan fingerprint density at radius 1 is 1.04 bits per heavy atom. The second-order valence-electron chi connectivity index (χ2n) is 5.62. The van der Waals surface area contributed by atoms with Crippen LogP contribution in [0.5, 0.6) is 0 Å². The minimum Gasteiger partial charge on any atom is -0.353 e. The maximum Gasteiger partial charge on any atom is 0.425 e. The van der Waals surface area contributed by atoms with Crippen molar-refractivity contribution in [2.24, 2.45) is 0 Å². The summed E-state index contributed by atoms with van der Waals surface area (Å²) in [5, 5.41) is 4.68. The van der Waals surface area contributed by atoms with Crippen LogP contribution in [-0.2, 0) is 12.6 Å². The molecule has 10 heteroatoms. The number of alkyl halides is 3. The number of thiophene rings is 1. The van der Waals surface area contributed by atoms with E-state index in [1.807, 2.05) is 0 Å². The van der Waals surface area contributed by atoms with Crippen molar-refractivity contribution >= 4 is 44.8 Å². The van der Waals surface area contributed by atoms with Crippen molar-refractivity contribution in [1.29, 1.82) is 0 Å². The number of hydrogen-bond acceptors (Lipinski definition) is 5. The summed E-state index contributed by atoms with van der Waals surface area (Å²) < 4.78 is 44.5.